The number of carbonyl (C=O) groups is 3. The van der Waals surface area contributed by atoms with E-state index in [2.05, 4.69) is 26.2 Å². The molecule has 0 bridgehead atoms. The summed E-state index contributed by atoms with van der Waals surface area (Å²) in [4.78, 5) is 55.3. The molecular weight excluding hydrogens is 586 g/mol. The number of alkyl carbamates (subject to hydrolysis) is 1. The number of aliphatic carboxylic acids is 1. The van der Waals surface area contributed by atoms with Crippen LogP contribution >= 0.6 is 15.9 Å². The van der Waals surface area contributed by atoms with Gasteiger partial charge < -0.3 is 34.5 Å². The largest absolute Gasteiger partial charge is 0.495 e. The van der Waals surface area contributed by atoms with Gasteiger partial charge in [0, 0.05) is 23.9 Å². The molecule has 1 aliphatic carbocycles. The van der Waals surface area contributed by atoms with Gasteiger partial charge in [0.1, 0.15) is 35.3 Å². The minimum absolute atomic E-state index is 0.0133. The lowest BCUT2D eigenvalue weighted by atomic mass is 9.83. The number of carboxylic acid groups (broad SMARTS) is 1. The summed E-state index contributed by atoms with van der Waals surface area (Å²) in [6.07, 6.45) is 3.01. The molecular formula is C28H36BrN3O8. The number of aromatic nitrogens is 1. The SMILES string of the molecule is COc1cc2[nH]c(=O)cc(O[C@@H]3C[C@@H](C(=O)O)N(C(=O)[C@@H](NC(=O)OC(C)(C)C)C4CCCCC4)C3)c2cc1Br. The Morgan fingerprint density at radius 3 is 2.45 bits per heavy atom. The van der Waals surface area contributed by atoms with E-state index in [-0.39, 0.29) is 24.6 Å². The molecule has 4 rings (SSSR count). The maximum atomic E-state index is 13.9. The number of amides is 2. The fourth-order valence-corrected chi connectivity index (χ4v) is 5.99. The lowest BCUT2D eigenvalue weighted by molar-refractivity contribution is -0.149. The summed E-state index contributed by atoms with van der Waals surface area (Å²) in [6, 6.07) is 2.64. The first-order valence-corrected chi connectivity index (χ1v) is 14.3. The number of carbonyl (C=O) groups excluding carboxylic acids is 2. The van der Waals surface area contributed by atoms with E-state index in [1.54, 1.807) is 32.9 Å². The van der Waals surface area contributed by atoms with E-state index < -0.39 is 47.3 Å². The smallest absolute Gasteiger partial charge is 0.408 e. The van der Waals surface area contributed by atoms with Crippen LogP contribution in [0.1, 0.15) is 59.3 Å². The molecule has 2 aliphatic rings. The van der Waals surface area contributed by atoms with Gasteiger partial charge in [-0.1, -0.05) is 19.3 Å². The van der Waals surface area contributed by atoms with Crippen LogP contribution in [-0.4, -0.2) is 70.4 Å². The van der Waals surface area contributed by atoms with Gasteiger partial charge in [0.2, 0.25) is 5.91 Å². The summed E-state index contributed by atoms with van der Waals surface area (Å²) in [7, 11) is 1.51. The van der Waals surface area contributed by atoms with Crippen molar-refractivity contribution in [3.05, 3.63) is 33.0 Å². The van der Waals surface area contributed by atoms with Crippen LogP contribution in [0.25, 0.3) is 10.9 Å². The molecule has 0 radical (unpaired) electrons. The third kappa shape index (κ3) is 6.89. The third-order valence-corrected chi connectivity index (χ3v) is 7.88. The van der Waals surface area contributed by atoms with E-state index in [4.69, 9.17) is 14.2 Å². The van der Waals surface area contributed by atoms with Gasteiger partial charge in [-0.05, 0) is 61.5 Å². The Labute approximate surface area is 240 Å². The van der Waals surface area contributed by atoms with E-state index >= 15 is 0 Å². The number of ether oxygens (including phenoxy) is 3. The zero-order chi connectivity index (χ0) is 29.2. The zero-order valence-electron chi connectivity index (χ0n) is 23.1. The van der Waals surface area contributed by atoms with Crippen LogP contribution < -0.4 is 20.3 Å². The van der Waals surface area contributed by atoms with Crippen molar-refractivity contribution in [1.29, 1.82) is 0 Å². The van der Waals surface area contributed by atoms with Gasteiger partial charge in [-0.25, -0.2) is 9.59 Å². The lowest BCUT2D eigenvalue weighted by Crippen LogP contribution is -2.55. The van der Waals surface area contributed by atoms with Crippen LogP contribution in [0.15, 0.2) is 27.5 Å². The Kier molecular flexibility index (Phi) is 8.96. The molecule has 1 saturated carbocycles. The van der Waals surface area contributed by atoms with Crippen LogP contribution in [0.5, 0.6) is 11.5 Å². The third-order valence-electron chi connectivity index (χ3n) is 7.26. The summed E-state index contributed by atoms with van der Waals surface area (Å²) in [5, 5.41) is 13.4. The van der Waals surface area contributed by atoms with Crippen LogP contribution in [0, 0.1) is 5.92 Å². The summed E-state index contributed by atoms with van der Waals surface area (Å²) in [5.74, 6) is -0.981. The highest BCUT2D eigenvalue weighted by molar-refractivity contribution is 9.10. The van der Waals surface area contributed by atoms with E-state index in [1.165, 1.54) is 18.1 Å². The second-order valence-corrected chi connectivity index (χ2v) is 12.2. The number of rotatable bonds is 7. The van der Waals surface area contributed by atoms with Crippen LogP contribution in [0.4, 0.5) is 4.79 Å². The van der Waals surface area contributed by atoms with Crippen molar-refractivity contribution in [2.24, 2.45) is 5.92 Å². The van der Waals surface area contributed by atoms with Crippen LogP contribution in [-0.2, 0) is 14.3 Å². The summed E-state index contributed by atoms with van der Waals surface area (Å²) in [6.45, 7) is 5.19. The Bertz CT molecular complexity index is 1330. The monoisotopic (exact) mass is 621 g/mol. The average Bonchev–Trinajstić information content (AvgIpc) is 3.30. The lowest BCUT2D eigenvalue weighted by Gasteiger charge is -2.34. The van der Waals surface area contributed by atoms with Gasteiger partial charge in [-0.3, -0.25) is 9.59 Å². The number of benzene rings is 1. The zero-order valence-corrected chi connectivity index (χ0v) is 24.7. The number of pyridine rings is 1. The molecule has 1 aliphatic heterocycles. The van der Waals surface area contributed by atoms with Crippen molar-refractivity contribution in [3.63, 3.8) is 0 Å². The Balaban J connectivity index is 1.60. The quantitative estimate of drug-likeness (QED) is 0.416. The maximum Gasteiger partial charge on any atom is 0.408 e. The maximum absolute atomic E-state index is 13.9. The predicted molar refractivity (Wildman–Crippen MR) is 151 cm³/mol. The van der Waals surface area contributed by atoms with Gasteiger partial charge in [-0.15, -0.1) is 0 Å². The molecule has 1 saturated heterocycles. The minimum Gasteiger partial charge on any atom is -0.495 e. The van der Waals surface area contributed by atoms with Crippen LogP contribution in [0.2, 0.25) is 0 Å². The fourth-order valence-electron chi connectivity index (χ4n) is 5.48. The Hall–Kier alpha value is -3.28. The number of fused-ring (bicyclic) bond motifs is 1. The number of nitrogens with one attached hydrogen (secondary N) is 2. The molecule has 218 valence electrons. The van der Waals surface area contributed by atoms with Crippen LogP contribution in [0.3, 0.4) is 0 Å². The molecule has 3 atom stereocenters. The topological polar surface area (TPSA) is 147 Å². The molecule has 3 N–H and O–H groups in total. The fraction of sp³-hybridized carbons (Fsp3) is 0.571. The van der Waals surface area contributed by atoms with Gasteiger partial charge in [0.25, 0.3) is 5.56 Å². The molecule has 40 heavy (non-hydrogen) atoms. The number of methoxy groups -OCH3 is 1. The number of nitrogens with zero attached hydrogens (tertiary/aromatic N) is 1. The summed E-state index contributed by atoms with van der Waals surface area (Å²) in [5.41, 5.74) is -0.663. The van der Waals surface area contributed by atoms with Crippen molar-refractivity contribution >= 4 is 44.8 Å². The van der Waals surface area contributed by atoms with Crippen molar-refractivity contribution in [2.75, 3.05) is 13.7 Å². The highest BCUT2D eigenvalue weighted by atomic mass is 79.9. The molecule has 0 unspecified atom stereocenters. The molecule has 12 heteroatoms. The normalized spacial score (nSPS) is 20.7. The van der Waals surface area contributed by atoms with Crippen molar-refractivity contribution in [1.82, 2.24) is 15.2 Å². The second-order valence-electron chi connectivity index (χ2n) is 11.4. The first-order chi connectivity index (χ1) is 18.9. The van der Waals surface area contributed by atoms with Crippen molar-refractivity contribution < 1.29 is 33.7 Å². The average molecular weight is 623 g/mol. The predicted octanol–water partition coefficient (Wildman–Crippen LogP) is 4.21. The standard InChI is InChI=1S/C28H36BrN3O8/c1-28(2,3)40-27(37)31-24(15-8-6-5-7-9-15)25(34)32-14-16(10-20(32)26(35)36)39-21-13-23(33)30-19-12-22(38-4)18(29)11-17(19)21/h11-13,15-16,20,24H,5-10,14H2,1-4H3,(H,30,33)(H,31,37)(H,35,36)/t16-,20+,24+/m1/s1. The van der Waals surface area contributed by atoms with E-state index in [9.17, 15) is 24.3 Å². The molecule has 2 fully saturated rings. The summed E-state index contributed by atoms with van der Waals surface area (Å²) < 4.78 is 17.6. The number of aromatic amines is 1. The molecule has 1 aromatic heterocycles. The number of likely N-dealkylation sites (tertiary alicyclic amines) is 1. The number of halogens is 1. The highest BCUT2D eigenvalue weighted by Gasteiger charge is 2.45. The Morgan fingerprint density at radius 1 is 1.12 bits per heavy atom. The minimum atomic E-state index is -1.16. The second kappa shape index (κ2) is 12.1. The highest BCUT2D eigenvalue weighted by Crippen LogP contribution is 2.35. The molecule has 2 aromatic rings. The molecule has 1 aromatic carbocycles. The molecule has 2 amide bonds. The van der Waals surface area contributed by atoms with Gasteiger partial charge in [0.05, 0.1) is 23.6 Å². The van der Waals surface area contributed by atoms with E-state index in [1.807, 2.05) is 0 Å². The molecule has 2 heterocycles. The van der Waals surface area contributed by atoms with Gasteiger partial charge in [-0.2, -0.15) is 0 Å². The first kappa shape index (κ1) is 29.7. The molecule has 0 spiro atoms. The number of hydrogen-bond donors (Lipinski definition) is 3. The number of carboxylic acids is 1. The first-order valence-electron chi connectivity index (χ1n) is 13.5. The Morgan fingerprint density at radius 2 is 1.82 bits per heavy atom. The van der Waals surface area contributed by atoms with Gasteiger partial charge in [0.15, 0.2) is 0 Å². The van der Waals surface area contributed by atoms with Crippen molar-refractivity contribution in [2.45, 2.75) is 83.1 Å². The van der Waals surface area contributed by atoms with E-state index in [0.717, 1.165) is 32.1 Å². The number of hydrogen-bond acceptors (Lipinski definition) is 7. The summed E-state index contributed by atoms with van der Waals surface area (Å²) >= 11 is 3.44. The van der Waals surface area contributed by atoms with Crippen molar-refractivity contribution in [3.8, 4) is 11.5 Å². The molecule has 11 nitrogen and oxygen atoms in total. The van der Waals surface area contributed by atoms with E-state index in [0.29, 0.717) is 21.1 Å². The number of H-pyrrole nitrogens is 1. The van der Waals surface area contributed by atoms with Gasteiger partial charge >= 0.3 is 12.1 Å².